The van der Waals surface area contributed by atoms with Crippen molar-refractivity contribution in [2.24, 2.45) is 7.05 Å². The predicted octanol–water partition coefficient (Wildman–Crippen LogP) is 3.71. The van der Waals surface area contributed by atoms with E-state index in [1.165, 1.54) is 0 Å². The molecule has 0 amide bonds. The molecule has 0 aliphatic heterocycles. The Morgan fingerprint density at radius 3 is 2.80 bits per heavy atom. The molecule has 0 aliphatic carbocycles. The lowest BCUT2D eigenvalue weighted by atomic mass is 10.2. The van der Waals surface area contributed by atoms with Gasteiger partial charge in [-0.1, -0.05) is 24.6 Å². The van der Waals surface area contributed by atoms with Crippen LogP contribution >= 0.6 is 23.2 Å². The summed E-state index contributed by atoms with van der Waals surface area (Å²) in [5.41, 5.74) is 3.75. The molecule has 0 fully saturated rings. The zero-order valence-electron chi connectivity index (χ0n) is 11.3. The highest BCUT2D eigenvalue weighted by Crippen LogP contribution is 2.28. The summed E-state index contributed by atoms with van der Waals surface area (Å²) in [6.07, 6.45) is 2.83. The Balaban J connectivity index is 2.37. The van der Waals surface area contributed by atoms with Crippen molar-refractivity contribution in [2.75, 3.05) is 0 Å². The van der Waals surface area contributed by atoms with Crippen molar-refractivity contribution in [3.63, 3.8) is 0 Å². The smallest absolute Gasteiger partial charge is 0.129 e. The van der Waals surface area contributed by atoms with Gasteiger partial charge in [-0.25, -0.2) is 4.98 Å². The fraction of sp³-hybridized carbons (Fsp3) is 0.286. The number of benzene rings is 1. The molecule has 20 heavy (non-hydrogen) atoms. The third kappa shape index (κ3) is 2.00. The SMILES string of the molecule is CCc1nn(C)cc1-n1c(CCl)nc2c(Cl)cccc21. The number of alkyl halides is 1. The topological polar surface area (TPSA) is 35.6 Å². The van der Waals surface area contributed by atoms with E-state index in [1.807, 2.05) is 40.7 Å². The Morgan fingerprint density at radius 2 is 2.10 bits per heavy atom. The van der Waals surface area contributed by atoms with Crippen molar-refractivity contribution in [1.82, 2.24) is 19.3 Å². The van der Waals surface area contributed by atoms with Gasteiger partial charge in [0.05, 0.1) is 27.8 Å². The number of hydrogen-bond acceptors (Lipinski definition) is 2. The number of aromatic nitrogens is 4. The van der Waals surface area contributed by atoms with Crippen molar-refractivity contribution in [1.29, 1.82) is 0 Å². The molecule has 2 heterocycles. The van der Waals surface area contributed by atoms with Gasteiger partial charge in [-0.15, -0.1) is 11.6 Å². The molecule has 0 saturated heterocycles. The quantitative estimate of drug-likeness (QED) is 0.691. The summed E-state index contributed by atoms with van der Waals surface area (Å²) in [7, 11) is 1.91. The maximum Gasteiger partial charge on any atom is 0.129 e. The molecule has 0 N–H and O–H groups in total. The Morgan fingerprint density at radius 1 is 1.30 bits per heavy atom. The minimum atomic E-state index is 0.322. The average molecular weight is 309 g/mol. The number of halogens is 2. The molecule has 0 spiro atoms. The fourth-order valence-corrected chi connectivity index (χ4v) is 2.82. The van der Waals surface area contributed by atoms with E-state index in [0.717, 1.165) is 34.7 Å². The molecule has 3 rings (SSSR count). The summed E-state index contributed by atoms with van der Waals surface area (Å²) in [6, 6.07) is 5.75. The van der Waals surface area contributed by atoms with Gasteiger partial charge in [0.15, 0.2) is 0 Å². The fourth-order valence-electron chi connectivity index (χ4n) is 2.43. The number of fused-ring (bicyclic) bond motifs is 1. The van der Waals surface area contributed by atoms with E-state index in [4.69, 9.17) is 23.2 Å². The third-order valence-electron chi connectivity index (χ3n) is 3.28. The van der Waals surface area contributed by atoms with Gasteiger partial charge >= 0.3 is 0 Å². The van der Waals surface area contributed by atoms with Gasteiger partial charge in [-0.3, -0.25) is 9.25 Å². The van der Waals surface area contributed by atoms with E-state index in [-0.39, 0.29) is 0 Å². The second kappa shape index (κ2) is 5.11. The monoisotopic (exact) mass is 308 g/mol. The van der Waals surface area contributed by atoms with E-state index < -0.39 is 0 Å². The van der Waals surface area contributed by atoms with E-state index in [9.17, 15) is 0 Å². The Hall–Kier alpha value is -1.52. The molecule has 0 unspecified atom stereocenters. The van der Waals surface area contributed by atoms with Crippen LogP contribution in [0.4, 0.5) is 0 Å². The molecule has 0 radical (unpaired) electrons. The second-order valence-electron chi connectivity index (χ2n) is 4.59. The van der Waals surface area contributed by atoms with Crippen LogP contribution in [0.2, 0.25) is 5.02 Å². The summed E-state index contributed by atoms with van der Waals surface area (Å²) in [6.45, 7) is 2.08. The molecule has 1 aromatic carbocycles. The highest BCUT2D eigenvalue weighted by Gasteiger charge is 2.17. The molecule has 3 aromatic rings. The minimum Gasteiger partial charge on any atom is -0.292 e. The largest absolute Gasteiger partial charge is 0.292 e. The van der Waals surface area contributed by atoms with Crippen LogP contribution in [0.3, 0.4) is 0 Å². The van der Waals surface area contributed by atoms with Gasteiger partial charge in [0.2, 0.25) is 0 Å². The van der Waals surface area contributed by atoms with Crippen LogP contribution in [0.25, 0.3) is 16.7 Å². The van der Waals surface area contributed by atoms with Crippen LogP contribution in [0.5, 0.6) is 0 Å². The lowest BCUT2D eigenvalue weighted by Crippen LogP contribution is -2.01. The number of rotatable bonds is 3. The predicted molar refractivity (Wildman–Crippen MR) is 81.8 cm³/mol. The Labute approximate surface area is 126 Å². The van der Waals surface area contributed by atoms with E-state index in [2.05, 4.69) is 17.0 Å². The van der Waals surface area contributed by atoms with E-state index in [0.29, 0.717) is 10.9 Å². The maximum absolute atomic E-state index is 6.23. The van der Waals surface area contributed by atoms with Crippen LogP contribution in [-0.2, 0) is 19.3 Å². The highest BCUT2D eigenvalue weighted by molar-refractivity contribution is 6.35. The van der Waals surface area contributed by atoms with Crippen LogP contribution in [0, 0.1) is 0 Å². The summed E-state index contributed by atoms with van der Waals surface area (Å²) in [5.74, 6) is 1.10. The van der Waals surface area contributed by atoms with Crippen molar-refractivity contribution < 1.29 is 0 Å². The molecular weight excluding hydrogens is 295 g/mol. The number of nitrogens with zero attached hydrogens (tertiary/aromatic N) is 4. The van der Waals surface area contributed by atoms with Crippen molar-refractivity contribution in [3.8, 4) is 5.69 Å². The normalized spacial score (nSPS) is 11.4. The first kappa shape index (κ1) is 13.5. The van der Waals surface area contributed by atoms with E-state index in [1.54, 1.807) is 0 Å². The molecule has 4 nitrogen and oxygen atoms in total. The van der Waals surface area contributed by atoms with Crippen LogP contribution in [-0.4, -0.2) is 19.3 Å². The zero-order chi connectivity index (χ0) is 14.3. The first-order valence-electron chi connectivity index (χ1n) is 6.40. The minimum absolute atomic E-state index is 0.322. The van der Waals surface area contributed by atoms with Crippen molar-refractivity contribution >= 4 is 34.2 Å². The molecular formula is C14H14Cl2N4. The number of aryl methyl sites for hydroxylation is 2. The van der Waals surface area contributed by atoms with Crippen molar-refractivity contribution in [3.05, 3.63) is 40.9 Å². The zero-order valence-corrected chi connectivity index (χ0v) is 12.8. The van der Waals surface area contributed by atoms with Crippen LogP contribution < -0.4 is 0 Å². The van der Waals surface area contributed by atoms with Crippen LogP contribution in [0.1, 0.15) is 18.4 Å². The highest BCUT2D eigenvalue weighted by atomic mass is 35.5. The van der Waals surface area contributed by atoms with Crippen molar-refractivity contribution in [2.45, 2.75) is 19.2 Å². The lowest BCUT2D eigenvalue weighted by molar-refractivity contribution is 0.746. The number of para-hydroxylation sites is 1. The first-order valence-corrected chi connectivity index (χ1v) is 7.31. The first-order chi connectivity index (χ1) is 9.65. The van der Waals surface area contributed by atoms with Gasteiger partial charge in [0, 0.05) is 13.2 Å². The summed E-state index contributed by atoms with van der Waals surface area (Å²) >= 11 is 12.3. The third-order valence-corrected chi connectivity index (χ3v) is 3.83. The lowest BCUT2D eigenvalue weighted by Gasteiger charge is -2.06. The maximum atomic E-state index is 6.23. The summed E-state index contributed by atoms with van der Waals surface area (Å²) < 4.78 is 3.85. The Kier molecular flexibility index (Phi) is 3.44. The van der Waals surface area contributed by atoms with E-state index >= 15 is 0 Å². The molecule has 2 aromatic heterocycles. The molecule has 0 aliphatic rings. The molecule has 104 valence electrons. The molecule has 6 heteroatoms. The molecule has 0 atom stereocenters. The number of imidazole rings is 1. The van der Waals surface area contributed by atoms with Gasteiger partial charge < -0.3 is 0 Å². The van der Waals surface area contributed by atoms with Gasteiger partial charge in [-0.2, -0.15) is 5.10 Å². The molecule has 0 bridgehead atoms. The Bertz CT molecular complexity index is 773. The average Bonchev–Trinajstić information content (AvgIpc) is 2.99. The molecule has 0 saturated carbocycles. The van der Waals surface area contributed by atoms with Crippen LogP contribution in [0.15, 0.2) is 24.4 Å². The summed E-state index contributed by atoms with van der Waals surface area (Å²) in [4.78, 5) is 4.55. The van der Waals surface area contributed by atoms with Gasteiger partial charge in [0.1, 0.15) is 11.3 Å². The van der Waals surface area contributed by atoms with Gasteiger partial charge in [-0.05, 0) is 18.6 Å². The van der Waals surface area contributed by atoms with Gasteiger partial charge in [0.25, 0.3) is 0 Å². The second-order valence-corrected chi connectivity index (χ2v) is 5.27. The standard InChI is InChI=1S/C14H14Cl2N4/c1-3-10-12(8-19(2)18-10)20-11-6-4-5-9(16)14(11)17-13(20)7-15/h4-6,8H,3,7H2,1-2H3. The number of hydrogen-bond donors (Lipinski definition) is 0. The summed E-state index contributed by atoms with van der Waals surface area (Å²) in [5, 5.41) is 5.12.